The first-order valence-corrected chi connectivity index (χ1v) is 4.67. The lowest BCUT2D eigenvalue weighted by Gasteiger charge is -2.10. The molecule has 0 saturated carbocycles. The van der Waals surface area contributed by atoms with Crippen molar-refractivity contribution < 1.29 is 4.79 Å². The number of nitrogens with two attached hydrogens (primary N) is 1. The van der Waals surface area contributed by atoms with E-state index in [0.29, 0.717) is 18.9 Å². The van der Waals surface area contributed by atoms with Crippen LogP contribution in [-0.4, -0.2) is 19.0 Å². The predicted octanol–water partition coefficient (Wildman–Crippen LogP) is 0.888. The average Bonchev–Trinajstić information content (AvgIpc) is 2.02. The van der Waals surface area contributed by atoms with Crippen molar-refractivity contribution in [2.75, 3.05) is 13.1 Å². The van der Waals surface area contributed by atoms with Gasteiger partial charge in [0.15, 0.2) is 0 Å². The smallest absolute Gasteiger partial charge is 0.219 e. The fraction of sp³-hybridized carbons (Fsp3) is 0.889. The van der Waals surface area contributed by atoms with Gasteiger partial charge < -0.3 is 11.1 Å². The lowest BCUT2D eigenvalue weighted by Crippen LogP contribution is -2.28. The Morgan fingerprint density at radius 1 is 1.58 bits per heavy atom. The fourth-order valence-corrected chi connectivity index (χ4v) is 0.990. The van der Waals surface area contributed by atoms with E-state index >= 15 is 0 Å². The molecule has 0 aromatic heterocycles. The van der Waals surface area contributed by atoms with Gasteiger partial charge >= 0.3 is 0 Å². The summed E-state index contributed by atoms with van der Waals surface area (Å²) in [5.41, 5.74) is 5.38. The molecule has 3 nitrogen and oxygen atoms in total. The molecule has 1 unspecified atom stereocenters. The number of carbonyl (C=O) groups is 1. The SMILES string of the molecule is CCCC(=O)NCC(C)CCN. The summed E-state index contributed by atoms with van der Waals surface area (Å²) >= 11 is 0. The largest absolute Gasteiger partial charge is 0.356 e. The van der Waals surface area contributed by atoms with Gasteiger partial charge in [-0.1, -0.05) is 13.8 Å². The second-order valence-corrected chi connectivity index (χ2v) is 3.24. The third kappa shape index (κ3) is 6.16. The van der Waals surface area contributed by atoms with Crippen LogP contribution in [0.4, 0.5) is 0 Å². The van der Waals surface area contributed by atoms with Crippen molar-refractivity contribution in [3.05, 3.63) is 0 Å². The minimum absolute atomic E-state index is 0.154. The molecule has 3 N–H and O–H groups in total. The summed E-state index contributed by atoms with van der Waals surface area (Å²) in [7, 11) is 0. The summed E-state index contributed by atoms with van der Waals surface area (Å²) in [6, 6.07) is 0. The van der Waals surface area contributed by atoms with Gasteiger partial charge in [0.1, 0.15) is 0 Å². The van der Waals surface area contributed by atoms with E-state index in [9.17, 15) is 4.79 Å². The summed E-state index contributed by atoms with van der Waals surface area (Å²) in [5, 5.41) is 2.87. The van der Waals surface area contributed by atoms with Crippen LogP contribution < -0.4 is 11.1 Å². The molecular weight excluding hydrogens is 152 g/mol. The van der Waals surface area contributed by atoms with Crippen molar-refractivity contribution in [1.29, 1.82) is 0 Å². The van der Waals surface area contributed by atoms with Gasteiger partial charge in [0, 0.05) is 13.0 Å². The Kier molecular flexibility index (Phi) is 6.76. The quantitative estimate of drug-likeness (QED) is 0.625. The van der Waals surface area contributed by atoms with E-state index in [1.807, 2.05) is 6.92 Å². The van der Waals surface area contributed by atoms with Gasteiger partial charge in [0.25, 0.3) is 0 Å². The van der Waals surface area contributed by atoms with Gasteiger partial charge in [-0.05, 0) is 25.3 Å². The molecular formula is C9H20N2O. The van der Waals surface area contributed by atoms with Crippen LogP contribution in [-0.2, 0) is 4.79 Å². The highest BCUT2D eigenvalue weighted by atomic mass is 16.1. The highest BCUT2D eigenvalue weighted by Crippen LogP contribution is 1.97. The van der Waals surface area contributed by atoms with E-state index in [4.69, 9.17) is 5.73 Å². The first kappa shape index (κ1) is 11.4. The number of carbonyl (C=O) groups excluding carboxylic acids is 1. The Balaban J connectivity index is 3.33. The Labute approximate surface area is 74.7 Å². The molecule has 0 heterocycles. The maximum absolute atomic E-state index is 11.0. The lowest BCUT2D eigenvalue weighted by molar-refractivity contribution is -0.121. The van der Waals surface area contributed by atoms with Gasteiger partial charge in [-0.25, -0.2) is 0 Å². The van der Waals surface area contributed by atoms with E-state index in [2.05, 4.69) is 12.2 Å². The van der Waals surface area contributed by atoms with Crippen molar-refractivity contribution >= 4 is 5.91 Å². The van der Waals surface area contributed by atoms with Gasteiger partial charge in [-0.15, -0.1) is 0 Å². The number of rotatable bonds is 6. The zero-order valence-corrected chi connectivity index (χ0v) is 8.10. The monoisotopic (exact) mass is 172 g/mol. The molecule has 12 heavy (non-hydrogen) atoms. The van der Waals surface area contributed by atoms with Crippen LogP contribution >= 0.6 is 0 Å². The van der Waals surface area contributed by atoms with Gasteiger partial charge in [0.2, 0.25) is 5.91 Å². The molecule has 0 aromatic rings. The molecule has 0 rings (SSSR count). The van der Waals surface area contributed by atoms with Crippen LogP contribution in [0.25, 0.3) is 0 Å². The highest BCUT2D eigenvalue weighted by Gasteiger charge is 2.02. The van der Waals surface area contributed by atoms with E-state index < -0.39 is 0 Å². The summed E-state index contributed by atoms with van der Waals surface area (Å²) < 4.78 is 0. The maximum atomic E-state index is 11.0. The molecule has 0 aliphatic heterocycles. The van der Waals surface area contributed by atoms with Crippen molar-refractivity contribution in [2.24, 2.45) is 11.7 Å². The molecule has 0 spiro atoms. The van der Waals surface area contributed by atoms with Gasteiger partial charge in [0.05, 0.1) is 0 Å². The molecule has 1 atom stereocenters. The van der Waals surface area contributed by atoms with E-state index in [0.717, 1.165) is 19.4 Å². The molecule has 1 amide bonds. The third-order valence-corrected chi connectivity index (χ3v) is 1.78. The molecule has 0 fully saturated rings. The first-order chi connectivity index (χ1) is 5.70. The Hall–Kier alpha value is -0.570. The second-order valence-electron chi connectivity index (χ2n) is 3.24. The zero-order valence-electron chi connectivity index (χ0n) is 8.10. The molecule has 0 saturated heterocycles. The standard InChI is InChI=1S/C9H20N2O/c1-3-4-9(12)11-7-8(2)5-6-10/h8H,3-7,10H2,1-2H3,(H,11,12). The number of nitrogens with one attached hydrogen (secondary N) is 1. The van der Waals surface area contributed by atoms with Gasteiger partial charge in [-0.2, -0.15) is 0 Å². The summed E-state index contributed by atoms with van der Waals surface area (Å²) in [6.45, 7) is 5.56. The molecule has 72 valence electrons. The van der Waals surface area contributed by atoms with Crippen LogP contribution in [0, 0.1) is 5.92 Å². The van der Waals surface area contributed by atoms with Crippen LogP contribution in [0.3, 0.4) is 0 Å². The number of hydrogen-bond donors (Lipinski definition) is 2. The van der Waals surface area contributed by atoms with Gasteiger partial charge in [-0.3, -0.25) is 4.79 Å². The minimum atomic E-state index is 0.154. The minimum Gasteiger partial charge on any atom is -0.356 e. The lowest BCUT2D eigenvalue weighted by atomic mass is 10.1. The van der Waals surface area contributed by atoms with Crippen molar-refractivity contribution in [1.82, 2.24) is 5.32 Å². The fourth-order valence-electron chi connectivity index (χ4n) is 0.990. The zero-order chi connectivity index (χ0) is 9.40. The van der Waals surface area contributed by atoms with Crippen LogP contribution in [0.1, 0.15) is 33.1 Å². The molecule has 0 aliphatic rings. The molecule has 0 aromatic carbocycles. The second kappa shape index (κ2) is 7.10. The van der Waals surface area contributed by atoms with E-state index in [1.54, 1.807) is 0 Å². The average molecular weight is 172 g/mol. The molecule has 0 radical (unpaired) electrons. The van der Waals surface area contributed by atoms with Crippen LogP contribution in [0.2, 0.25) is 0 Å². The van der Waals surface area contributed by atoms with Crippen molar-refractivity contribution in [3.63, 3.8) is 0 Å². The Bertz CT molecular complexity index is 126. The summed E-state index contributed by atoms with van der Waals surface area (Å²) in [4.78, 5) is 11.0. The van der Waals surface area contributed by atoms with Crippen LogP contribution in [0.15, 0.2) is 0 Å². The number of hydrogen-bond acceptors (Lipinski definition) is 2. The Morgan fingerprint density at radius 3 is 2.75 bits per heavy atom. The molecule has 0 bridgehead atoms. The Morgan fingerprint density at radius 2 is 2.25 bits per heavy atom. The van der Waals surface area contributed by atoms with Crippen molar-refractivity contribution in [3.8, 4) is 0 Å². The molecule has 0 aliphatic carbocycles. The molecule has 3 heteroatoms. The number of amides is 1. The summed E-state index contributed by atoms with van der Waals surface area (Å²) in [6.07, 6.45) is 2.53. The topological polar surface area (TPSA) is 55.1 Å². The maximum Gasteiger partial charge on any atom is 0.219 e. The third-order valence-electron chi connectivity index (χ3n) is 1.78. The normalized spacial score (nSPS) is 12.6. The highest BCUT2D eigenvalue weighted by molar-refractivity contribution is 5.75. The first-order valence-electron chi connectivity index (χ1n) is 4.67. The van der Waals surface area contributed by atoms with E-state index in [-0.39, 0.29) is 5.91 Å². The van der Waals surface area contributed by atoms with Crippen molar-refractivity contribution in [2.45, 2.75) is 33.1 Å². The van der Waals surface area contributed by atoms with Crippen LogP contribution in [0.5, 0.6) is 0 Å². The van der Waals surface area contributed by atoms with E-state index in [1.165, 1.54) is 0 Å². The summed E-state index contributed by atoms with van der Waals surface area (Å²) in [5.74, 6) is 0.650. The predicted molar refractivity (Wildman–Crippen MR) is 50.8 cm³/mol.